The first-order chi connectivity index (χ1) is 6.95. The lowest BCUT2D eigenvalue weighted by Gasteiger charge is -2.21. The average Bonchev–Trinajstić information content (AvgIpc) is 2.00. The fourth-order valence-corrected chi connectivity index (χ4v) is 1.59. The topological polar surface area (TPSA) is 77.8 Å². The van der Waals surface area contributed by atoms with Crippen LogP contribution in [0.2, 0.25) is 0 Å². The van der Waals surface area contributed by atoms with Gasteiger partial charge in [-0.25, -0.2) is 0 Å². The number of rotatable bonds is 8. The molecule has 0 spiro atoms. The van der Waals surface area contributed by atoms with Gasteiger partial charge in [0.15, 0.2) is 0 Å². The van der Waals surface area contributed by atoms with Crippen LogP contribution >= 0.6 is 0 Å². The molecular weight excluding hydrogens is 198 g/mol. The zero-order chi connectivity index (χ0) is 11.8. The molecule has 5 heteroatoms. The first-order valence-electron chi connectivity index (χ1n) is 5.11. The van der Waals surface area contributed by atoms with E-state index in [9.17, 15) is 9.59 Å². The van der Waals surface area contributed by atoms with Gasteiger partial charge >= 0.3 is 11.9 Å². The summed E-state index contributed by atoms with van der Waals surface area (Å²) in [4.78, 5) is 22.4. The fraction of sp³-hybridized carbons (Fsp3) is 0.800. The zero-order valence-electron chi connectivity index (χ0n) is 9.27. The lowest BCUT2D eigenvalue weighted by molar-refractivity contribution is -0.141. The average molecular weight is 217 g/mol. The molecule has 0 aliphatic carbocycles. The smallest absolute Gasteiger partial charge is 0.317 e. The molecule has 0 amide bonds. The Labute approximate surface area is 89.7 Å². The van der Waals surface area contributed by atoms with Crippen LogP contribution in [-0.2, 0) is 9.59 Å². The minimum absolute atomic E-state index is 0.208. The van der Waals surface area contributed by atoms with E-state index >= 15 is 0 Å². The summed E-state index contributed by atoms with van der Waals surface area (Å²) in [7, 11) is 0. The highest BCUT2D eigenvalue weighted by Gasteiger charge is 2.15. The van der Waals surface area contributed by atoms with Crippen LogP contribution in [0.5, 0.6) is 0 Å². The van der Waals surface area contributed by atoms with Crippen molar-refractivity contribution in [2.24, 2.45) is 5.92 Å². The van der Waals surface area contributed by atoms with Crippen molar-refractivity contribution in [1.82, 2.24) is 4.90 Å². The molecule has 0 heterocycles. The van der Waals surface area contributed by atoms with Gasteiger partial charge in [-0.05, 0) is 12.3 Å². The fourth-order valence-electron chi connectivity index (χ4n) is 1.59. The van der Waals surface area contributed by atoms with Crippen LogP contribution in [0.25, 0.3) is 0 Å². The Balaban J connectivity index is 4.10. The molecule has 0 aliphatic heterocycles. The minimum Gasteiger partial charge on any atom is -0.480 e. The Kier molecular flexibility index (Phi) is 6.70. The van der Waals surface area contributed by atoms with Crippen molar-refractivity contribution >= 4 is 11.9 Å². The molecule has 0 aliphatic rings. The van der Waals surface area contributed by atoms with Gasteiger partial charge in [-0.3, -0.25) is 14.5 Å². The summed E-state index contributed by atoms with van der Waals surface area (Å²) < 4.78 is 0. The maximum Gasteiger partial charge on any atom is 0.317 e. The van der Waals surface area contributed by atoms with Crippen molar-refractivity contribution in [2.45, 2.75) is 26.7 Å². The number of nitrogens with zero attached hydrogens (tertiary/aromatic N) is 1. The maximum absolute atomic E-state index is 10.5. The van der Waals surface area contributed by atoms with Crippen LogP contribution < -0.4 is 0 Å². The van der Waals surface area contributed by atoms with E-state index in [1.807, 2.05) is 6.92 Å². The largest absolute Gasteiger partial charge is 0.480 e. The summed E-state index contributed by atoms with van der Waals surface area (Å²) in [6.07, 6.45) is 2.00. The van der Waals surface area contributed by atoms with E-state index in [0.29, 0.717) is 12.5 Å². The highest BCUT2D eigenvalue weighted by Crippen LogP contribution is 2.07. The molecular formula is C10H19NO4. The lowest BCUT2D eigenvalue weighted by atomic mass is 10.1. The number of carboxylic acid groups (broad SMARTS) is 2. The summed E-state index contributed by atoms with van der Waals surface area (Å²) in [6.45, 7) is 4.16. The van der Waals surface area contributed by atoms with Crippen LogP contribution in [-0.4, -0.2) is 46.7 Å². The molecule has 0 saturated carbocycles. The van der Waals surface area contributed by atoms with Crippen molar-refractivity contribution in [3.8, 4) is 0 Å². The predicted molar refractivity (Wildman–Crippen MR) is 55.8 cm³/mol. The molecule has 0 fully saturated rings. The van der Waals surface area contributed by atoms with Gasteiger partial charge in [-0.1, -0.05) is 20.3 Å². The van der Waals surface area contributed by atoms with E-state index in [2.05, 4.69) is 6.92 Å². The van der Waals surface area contributed by atoms with Gasteiger partial charge in [0.25, 0.3) is 0 Å². The third kappa shape index (κ3) is 7.93. The van der Waals surface area contributed by atoms with Gasteiger partial charge in [0.2, 0.25) is 0 Å². The monoisotopic (exact) mass is 217 g/mol. The normalized spacial score (nSPS) is 12.7. The highest BCUT2D eigenvalue weighted by atomic mass is 16.4. The summed E-state index contributed by atoms with van der Waals surface area (Å²) in [6, 6.07) is 0. The van der Waals surface area contributed by atoms with Crippen LogP contribution in [0.4, 0.5) is 0 Å². The second-order valence-electron chi connectivity index (χ2n) is 3.85. The van der Waals surface area contributed by atoms with E-state index in [0.717, 1.165) is 12.8 Å². The lowest BCUT2D eigenvalue weighted by Crippen LogP contribution is -2.37. The standard InChI is InChI=1S/C10H19NO4/c1-3-4-8(2)5-11(6-9(12)13)7-10(14)15/h8H,3-7H2,1-2H3,(H,12,13)(H,14,15). The molecule has 1 atom stereocenters. The summed E-state index contributed by atoms with van der Waals surface area (Å²) >= 11 is 0. The van der Waals surface area contributed by atoms with Crippen LogP contribution in [0, 0.1) is 5.92 Å². The molecule has 0 saturated heterocycles. The first kappa shape index (κ1) is 13.9. The van der Waals surface area contributed by atoms with Gasteiger partial charge < -0.3 is 10.2 Å². The molecule has 0 aromatic rings. The van der Waals surface area contributed by atoms with E-state index < -0.39 is 11.9 Å². The molecule has 0 aromatic heterocycles. The first-order valence-corrected chi connectivity index (χ1v) is 5.11. The molecule has 5 nitrogen and oxygen atoms in total. The van der Waals surface area contributed by atoms with Gasteiger partial charge in [0.1, 0.15) is 0 Å². The molecule has 0 bridgehead atoms. The number of hydrogen-bond donors (Lipinski definition) is 2. The quantitative estimate of drug-likeness (QED) is 0.631. The van der Waals surface area contributed by atoms with Crippen LogP contribution in [0.3, 0.4) is 0 Å². The predicted octanol–water partition coefficient (Wildman–Crippen LogP) is 0.894. The van der Waals surface area contributed by atoms with E-state index in [-0.39, 0.29) is 13.1 Å². The Morgan fingerprint density at radius 3 is 2.00 bits per heavy atom. The van der Waals surface area contributed by atoms with Gasteiger partial charge in [-0.15, -0.1) is 0 Å². The number of hydrogen-bond acceptors (Lipinski definition) is 3. The van der Waals surface area contributed by atoms with Gasteiger partial charge in [0.05, 0.1) is 13.1 Å². The third-order valence-electron chi connectivity index (χ3n) is 2.07. The molecule has 1 unspecified atom stereocenters. The summed E-state index contributed by atoms with van der Waals surface area (Å²) in [5, 5.41) is 17.2. The molecule has 0 rings (SSSR count). The van der Waals surface area contributed by atoms with Crippen molar-refractivity contribution in [2.75, 3.05) is 19.6 Å². The third-order valence-corrected chi connectivity index (χ3v) is 2.07. The molecule has 2 N–H and O–H groups in total. The Morgan fingerprint density at radius 1 is 1.20 bits per heavy atom. The Morgan fingerprint density at radius 2 is 1.67 bits per heavy atom. The minimum atomic E-state index is -0.986. The van der Waals surface area contributed by atoms with Crippen molar-refractivity contribution in [3.05, 3.63) is 0 Å². The number of carbonyl (C=O) groups is 2. The molecule has 88 valence electrons. The molecule has 0 radical (unpaired) electrons. The number of carboxylic acids is 2. The summed E-state index contributed by atoms with van der Waals surface area (Å²) in [5.74, 6) is -1.64. The van der Waals surface area contributed by atoms with E-state index in [1.54, 1.807) is 0 Å². The zero-order valence-corrected chi connectivity index (χ0v) is 9.27. The Bertz CT molecular complexity index is 201. The number of aliphatic carboxylic acids is 2. The summed E-state index contributed by atoms with van der Waals surface area (Å²) in [5.41, 5.74) is 0. The van der Waals surface area contributed by atoms with Gasteiger partial charge in [0, 0.05) is 6.54 Å². The van der Waals surface area contributed by atoms with Crippen LogP contribution in [0.1, 0.15) is 26.7 Å². The van der Waals surface area contributed by atoms with Gasteiger partial charge in [-0.2, -0.15) is 0 Å². The molecule has 15 heavy (non-hydrogen) atoms. The van der Waals surface area contributed by atoms with E-state index in [4.69, 9.17) is 10.2 Å². The van der Waals surface area contributed by atoms with Crippen LogP contribution in [0.15, 0.2) is 0 Å². The second kappa shape index (κ2) is 7.23. The molecule has 0 aromatic carbocycles. The highest BCUT2D eigenvalue weighted by molar-refractivity contribution is 5.72. The van der Waals surface area contributed by atoms with Crippen molar-refractivity contribution < 1.29 is 19.8 Å². The van der Waals surface area contributed by atoms with Crippen molar-refractivity contribution in [1.29, 1.82) is 0 Å². The SMILES string of the molecule is CCCC(C)CN(CC(=O)O)CC(=O)O. The Hall–Kier alpha value is -1.10. The maximum atomic E-state index is 10.5. The van der Waals surface area contributed by atoms with E-state index in [1.165, 1.54) is 4.90 Å². The van der Waals surface area contributed by atoms with Crippen molar-refractivity contribution in [3.63, 3.8) is 0 Å². The second-order valence-corrected chi connectivity index (χ2v) is 3.85.